The van der Waals surface area contributed by atoms with Crippen LogP contribution in [0.1, 0.15) is 61.2 Å². The summed E-state index contributed by atoms with van der Waals surface area (Å²) in [5.41, 5.74) is 1.29. The third kappa shape index (κ3) is 3.21. The van der Waals surface area contributed by atoms with E-state index >= 15 is 0 Å². The van der Waals surface area contributed by atoms with E-state index in [9.17, 15) is 0 Å². The van der Waals surface area contributed by atoms with Crippen LogP contribution in [-0.2, 0) is 6.42 Å². The Balaban J connectivity index is 1.29. The van der Waals surface area contributed by atoms with Crippen LogP contribution in [0.2, 0.25) is 0 Å². The van der Waals surface area contributed by atoms with Crippen molar-refractivity contribution < 1.29 is 4.52 Å². The van der Waals surface area contributed by atoms with Gasteiger partial charge >= 0.3 is 0 Å². The van der Waals surface area contributed by atoms with E-state index in [-0.39, 0.29) is 0 Å². The maximum absolute atomic E-state index is 5.42. The van der Waals surface area contributed by atoms with Crippen LogP contribution in [0.25, 0.3) is 0 Å². The molecule has 1 aliphatic heterocycles. The molecule has 0 aromatic carbocycles. The first-order chi connectivity index (χ1) is 10.9. The molecule has 3 heterocycles. The summed E-state index contributed by atoms with van der Waals surface area (Å²) >= 11 is 0. The van der Waals surface area contributed by atoms with E-state index in [1.54, 1.807) is 0 Å². The van der Waals surface area contributed by atoms with Crippen molar-refractivity contribution >= 4 is 0 Å². The Labute approximate surface area is 130 Å². The van der Waals surface area contributed by atoms with Gasteiger partial charge in [-0.2, -0.15) is 10.1 Å². The van der Waals surface area contributed by atoms with Gasteiger partial charge in [-0.25, -0.2) is 0 Å². The first kappa shape index (κ1) is 13.9. The average molecular weight is 301 g/mol. The summed E-state index contributed by atoms with van der Waals surface area (Å²) in [6.45, 7) is 3.39. The van der Waals surface area contributed by atoms with Crippen molar-refractivity contribution in [1.82, 2.24) is 25.2 Å². The summed E-state index contributed by atoms with van der Waals surface area (Å²) in [5, 5.41) is 11.1. The van der Waals surface area contributed by atoms with Gasteiger partial charge in [0.2, 0.25) is 5.89 Å². The fourth-order valence-corrected chi connectivity index (χ4v) is 3.30. The molecule has 6 heteroatoms. The normalized spacial score (nSPS) is 23.0. The first-order valence-corrected chi connectivity index (χ1v) is 8.42. The number of nitrogens with zero attached hydrogens (tertiary/aromatic N) is 4. The maximum Gasteiger partial charge on any atom is 0.229 e. The van der Waals surface area contributed by atoms with Crippen molar-refractivity contribution in [3.8, 4) is 0 Å². The lowest BCUT2D eigenvalue weighted by molar-refractivity contribution is 0.200. The van der Waals surface area contributed by atoms with Gasteiger partial charge in [-0.15, -0.1) is 0 Å². The zero-order valence-electron chi connectivity index (χ0n) is 12.9. The molecule has 0 unspecified atom stereocenters. The van der Waals surface area contributed by atoms with E-state index in [4.69, 9.17) is 4.52 Å². The highest BCUT2D eigenvalue weighted by atomic mass is 16.5. The van der Waals surface area contributed by atoms with Crippen LogP contribution in [0.4, 0.5) is 0 Å². The summed E-state index contributed by atoms with van der Waals surface area (Å²) in [7, 11) is 0. The Hall–Kier alpha value is -1.69. The zero-order chi connectivity index (χ0) is 14.8. The molecule has 1 atom stereocenters. The standard InChI is InChI=1S/C16H23N5O/c1(3-12-9-17-18-10-12)7-21-8-2-4-14(11-21)15-19-16(22-20-15)13-5-6-13/h9-10,13-14H,1-8,11H2,(H,17,18)/t14-/m0/s1. The molecule has 0 bridgehead atoms. The molecule has 2 aromatic rings. The second-order valence-electron chi connectivity index (χ2n) is 6.61. The Bertz CT molecular complexity index is 589. The lowest BCUT2D eigenvalue weighted by Crippen LogP contribution is -2.35. The smallest absolute Gasteiger partial charge is 0.229 e. The molecule has 1 aliphatic carbocycles. The van der Waals surface area contributed by atoms with Crippen molar-refractivity contribution in [3.05, 3.63) is 29.7 Å². The van der Waals surface area contributed by atoms with Gasteiger partial charge in [0.25, 0.3) is 0 Å². The quantitative estimate of drug-likeness (QED) is 0.887. The second-order valence-corrected chi connectivity index (χ2v) is 6.61. The molecule has 2 aromatic heterocycles. The van der Waals surface area contributed by atoms with E-state index in [0.29, 0.717) is 11.8 Å². The second kappa shape index (κ2) is 6.20. The minimum atomic E-state index is 0.443. The van der Waals surface area contributed by atoms with Crippen molar-refractivity contribution in [2.45, 2.75) is 50.4 Å². The van der Waals surface area contributed by atoms with Gasteiger partial charge in [-0.3, -0.25) is 5.10 Å². The van der Waals surface area contributed by atoms with Gasteiger partial charge in [-0.05, 0) is 57.2 Å². The fourth-order valence-electron chi connectivity index (χ4n) is 3.30. The minimum Gasteiger partial charge on any atom is -0.339 e. The zero-order valence-corrected chi connectivity index (χ0v) is 12.9. The molecule has 0 radical (unpaired) electrons. The molecule has 22 heavy (non-hydrogen) atoms. The van der Waals surface area contributed by atoms with Crippen molar-refractivity contribution in [1.29, 1.82) is 0 Å². The average Bonchev–Trinajstić information content (AvgIpc) is 3.06. The number of nitrogens with one attached hydrogen (secondary N) is 1. The van der Waals surface area contributed by atoms with E-state index in [1.165, 1.54) is 44.2 Å². The summed E-state index contributed by atoms with van der Waals surface area (Å²) in [5.74, 6) is 2.79. The Morgan fingerprint density at radius 1 is 1.27 bits per heavy atom. The number of piperidine rings is 1. The number of aromatic amines is 1. The van der Waals surface area contributed by atoms with Crippen LogP contribution >= 0.6 is 0 Å². The van der Waals surface area contributed by atoms with Gasteiger partial charge in [-0.1, -0.05) is 5.16 Å². The van der Waals surface area contributed by atoms with Crippen LogP contribution < -0.4 is 0 Å². The minimum absolute atomic E-state index is 0.443. The summed E-state index contributed by atoms with van der Waals surface area (Å²) in [6.07, 6.45) is 11.0. The third-order valence-corrected chi connectivity index (χ3v) is 4.75. The number of likely N-dealkylation sites (tertiary alicyclic amines) is 1. The number of rotatable bonds is 6. The molecule has 2 fully saturated rings. The first-order valence-electron chi connectivity index (χ1n) is 8.42. The molecule has 4 rings (SSSR count). The topological polar surface area (TPSA) is 70.8 Å². The molecule has 2 aliphatic rings. The fraction of sp³-hybridized carbons (Fsp3) is 0.688. The number of H-pyrrole nitrogens is 1. The van der Waals surface area contributed by atoms with Gasteiger partial charge in [0.15, 0.2) is 5.82 Å². The van der Waals surface area contributed by atoms with Gasteiger partial charge < -0.3 is 9.42 Å². The van der Waals surface area contributed by atoms with Crippen LogP contribution in [-0.4, -0.2) is 44.9 Å². The van der Waals surface area contributed by atoms with Crippen molar-refractivity contribution in [2.24, 2.45) is 0 Å². The monoisotopic (exact) mass is 301 g/mol. The lowest BCUT2D eigenvalue weighted by Gasteiger charge is -2.31. The highest BCUT2D eigenvalue weighted by Gasteiger charge is 2.32. The van der Waals surface area contributed by atoms with Gasteiger partial charge in [0, 0.05) is 24.6 Å². The highest BCUT2D eigenvalue weighted by molar-refractivity contribution is 5.06. The molecule has 0 spiro atoms. The van der Waals surface area contributed by atoms with E-state index in [0.717, 1.165) is 31.2 Å². The summed E-state index contributed by atoms with van der Waals surface area (Å²) < 4.78 is 5.42. The largest absolute Gasteiger partial charge is 0.339 e. The molecular weight excluding hydrogens is 278 g/mol. The maximum atomic E-state index is 5.42. The lowest BCUT2D eigenvalue weighted by atomic mass is 9.97. The molecule has 118 valence electrons. The number of aromatic nitrogens is 4. The molecule has 1 N–H and O–H groups in total. The predicted molar refractivity (Wildman–Crippen MR) is 81.6 cm³/mol. The highest BCUT2D eigenvalue weighted by Crippen LogP contribution is 2.39. The van der Waals surface area contributed by atoms with E-state index < -0.39 is 0 Å². The van der Waals surface area contributed by atoms with Crippen LogP contribution in [0.3, 0.4) is 0 Å². The van der Waals surface area contributed by atoms with E-state index in [2.05, 4.69) is 25.2 Å². The van der Waals surface area contributed by atoms with Gasteiger partial charge in [0.05, 0.1) is 6.20 Å². The summed E-state index contributed by atoms with van der Waals surface area (Å²) in [6, 6.07) is 0. The third-order valence-electron chi connectivity index (χ3n) is 4.75. The number of hydrogen-bond acceptors (Lipinski definition) is 5. The van der Waals surface area contributed by atoms with Crippen LogP contribution in [0, 0.1) is 0 Å². The Morgan fingerprint density at radius 2 is 2.23 bits per heavy atom. The Kier molecular flexibility index (Phi) is 3.93. The van der Waals surface area contributed by atoms with Crippen LogP contribution in [0.15, 0.2) is 16.9 Å². The molecule has 1 saturated carbocycles. The molecular formula is C16H23N5O. The predicted octanol–water partition coefficient (Wildman–Crippen LogP) is 2.48. The number of hydrogen-bond donors (Lipinski definition) is 1. The van der Waals surface area contributed by atoms with Gasteiger partial charge in [0.1, 0.15) is 0 Å². The molecule has 1 saturated heterocycles. The summed E-state index contributed by atoms with van der Waals surface area (Å²) in [4.78, 5) is 7.18. The molecule has 0 amide bonds. The molecule has 6 nitrogen and oxygen atoms in total. The Morgan fingerprint density at radius 3 is 3.05 bits per heavy atom. The van der Waals surface area contributed by atoms with Crippen molar-refractivity contribution in [2.75, 3.05) is 19.6 Å². The SMILES string of the molecule is c1n[nH]cc1CCCN1CCC[C@H](c2noc(C3CC3)n2)C1. The number of aryl methyl sites for hydroxylation is 1. The van der Waals surface area contributed by atoms with Crippen molar-refractivity contribution in [3.63, 3.8) is 0 Å². The van der Waals surface area contributed by atoms with E-state index in [1.807, 2.05) is 12.4 Å². The van der Waals surface area contributed by atoms with Crippen LogP contribution in [0.5, 0.6) is 0 Å².